The summed E-state index contributed by atoms with van der Waals surface area (Å²) >= 11 is 0. The number of H-pyrrole nitrogens is 2. The second kappa shape index (κ2) is 6.80. The molecule has 0 spiro atoms. The molecule has 0 bridgehead atoms. The maximum Gasteiger partial charge on any atom is 0.323 e. The van der Waals surface area contributed by atoms with Crippen molar-refractivity contribution in [2.75, 3.05) is 18.4 Å². The highest BCUT2D eigenvalue weighted by Crippen LogP contribution is 2.21. The first-order chi connectivity index (χ1) is 12.6. The molecule has 1 atom stereocenters. The van der Waals surface area contributed by atoms with Gasteiger partial charge < -0.3 is 20.6 Å². The molecule has 1 aromatic heterocycles. The Balaban J connectivity index is 1.49. The molecule has 4 rings (SSSR count). The van der Waals surface area contributed by atoms with Gasteiger partial charge in [0.2, 0.25) is 0 Å². The van der Waals surface area contributed by atoms with Crippen molar-refractivity contribution >= 4 is 22.6 Å². The van der Waals surface area contributed by atoms with Crippen LogP contribution in [0.5, 0.6) is 0 Å². The summed E-state index contributed by atoms with van der Waals surface area (Å²) in [4.78, 5) is 29.4. The molecule has 1 aliphatic heterocycles. The fourth-order valence-corrected chi connectivity index (χ4v) is 3.53. The number of aromatic nitrogens is 2. The summed E-state index contributed by atoms with van der Waals surface area (Å²) in [7, 11) is 0. The highest BCUT2D eigenvalue weighted by atomic mass is 16.2. The minimum Gasteiger partial charge on any atom is -0.322 e. The van der Waals surface area contributed by atoms with Gasteiger partial charge in [-0.25, -0.2) is 4.79 Å². The molecule has 0 aliphatic carbocycles. The third-order valence-electron chi connectivity index (χ3n) is 5.01. The van der Waals surface area contributed by atoms with Crippen LogP contribution in [0.2, 0.25) is 0 Å². The van der Waals surface area contributed by atoms with Crippen molar-refractivity contribution in [1.82, 2.24) is 15.3 Å². The minimum absolute atomic E-state index is 0.153. The average Bonchev–Trinajstić information content (AvgIpc) is 3.24. The summed E-state index contributed by atoms with van der Waals surface area (Å²) in [6.07, 6.45) is 2.26. The molecule has 1 saturated heterocycles. The average molecular weight is 350 g/mol. The topological polar surface area (TPSA) is 89.8 Å². The van der Waals surface area contributed by atoms with E-state index in [2.05, 4.69) is 20.6 Å². The van der Waals surface area contributed by atoms with Crippen LogP contribution in [-0.4, -0.2) is 29.0 Å². The number of aryl methyl sites for hydroxylation is 1. The molecule has 26 heavy (non-hydrogen) atoms. The Bertz CT molecular complexity index is 995. The number of carbonyl (C=O) groups is 1. The van der Waals surface area contributed by atoms with Gasteiger partial charge in [-0.05, 0) is 74.2 Å². The first-order valence-corrected chi connectivity index (χ1v) is 8.92. The summed E-state index contributed by atoms with van der Waals surface area (Å²) in [6.45, 7) is 4.08. The number of imidazole rings is 1. The molecule has 4 N–H and O–H groups in total. The lowest BCUT2D eigenvalue weighted by Crippen LogP contribution is -2.13. The first-order valence-electron chi connectivity index (χ1n) is 8.92. The van der Waals surface area contributed by atoms with Gasteiger partial charge in [0.1, 0.15) is 0 Å². The molecule has 1 unspecified atom stereocenters. The molecule has 134 valence electrons. The quantitative estimate of drug-likeness (QED) is 0.583. The highest BCUT2D eigenvalue weighted by molar-refractivity contribution is 6.05. The van der Waals surface area contributed by atoms with Crippen LogP contribution in [0.3, 0.4) is 0 Å². The van der Waals surface area contributed by atoms with Gasteiger partial charge in [0.25, 0.3) is 5.91 Å². The van der Waals surface area contributed by atoms with Crippen LogP contribution in [0.4, 0.5) is 5.69 Å². The number of hydrogen-bond acceptors (Lipinski definition) is 3. The SMILES string of the molecule is Cc1cc2[nH]c(=O)[nH]c2cc1NC(=O)c1ccc(CC2CCNC2)cc1. The molecule has 1 fully saturated rings. The monoisotopic (exact) mass is 350 g/mol. The Hall–Kier alpha value is -2.86. The van der Waals surface area contributed by atoms with Crippen LogP contribution in [0, 0.1) is 12.8 Å². The van der Waals surface area contributed by atoms with E-state index in [1.54, 1.807) is 6.07 Å². The number of fused-ring (bicyclic) bond motifs is 1. The van der Waals surface area contributed by atoms with E-state index in [4.69, 9.17) is 0 Å². The molecule has 6 heteroatoms. The smallest absolute Gasteiger partial charge is 0.322 e. The number of carbonyl (C=O) groups excluding carboxylic acids is 1. The van der Waals surface area contributed by atoms with Crippen LogP contribution in [0.25, 0.3) is 11.0 Å². The third-order valence-corrected chi connectivity index (χ3v) is 5.01. The van der Waals surface area contributed by atoms with Crippen LogP contribution in [0.1, 0.15) is 27.9 Å². The molecule has 1 amide bonds. The lowest BCUT2D eigenvalue weighted by Gasteiger charge is -2.11. The molecule has 2 aromatic carbocycles. The molecule has 3 aromatic rings. The van der Waals surface area contributed by atoms with E-state index in [9.17, 15) is 9.59 Å². The van der Waals surface area contributed by atoms with Crippen molar-refractivity contribution in [3.63, 3.8) is 0 Å². The van der Waals surface area contributed by atoms with E-state index in [0.717, 1.165) is 30.6 Å². The van der Waals surface area contributed by atoms with Crippen molar-refractivity contribution in [1.29, 1.82) is 0 Å². The number of anilines is 1. The van der Waals surface area contributed by atoms with Gasteiger partial charge in [0.15, 0.2) is 0 Å². The number of benzene rings is 2. The Morgan fingerprint density at radius 2 is 1.88 bits per heavy atom. The zero-order valence-electron chi connectivity index (χ0n) is 14.7. The molecule has 2 heterocycles. The fourth-order valence-electron chi connectivity index (χ4n) is 3.53. The van der Waals surface area contributed by atoms with Crippen molar-refractivity contribution < 1.29 is 4.79 Å². The zero-order chi connectivity index (χ0) is 18.1. The van der Waals surface area contributed by atoms with Crippen molar-refractivity contribution in [3.8, 4) is 0 Å². The van der Waals surface area contributed by atoms with Gasteiger partial charge in [-0.1, -0.05) is 12.1 Å². The molecular formula is C20H22N4O2. The van der Waals surface area contributed by atoms with E-state index in [1.165, 1.54) is 12.0 Å². The number of nitrogens with one attached hydrogen (secondary N) is 4. The second-order valence-corrected chi connectivity index (χ2v) is 7.01. The van der Waals surface area contributed by atoms with Gasteiger partial charge in [-0.3, -0.25) is 4.79 Å². The van der Waals surface area contributed by atoms with Crippen molar-refractivity contribution in [3.05, 3.63) is 63.6 Å². The fraction of sp³-hybridized carbons (Fsp3) is 0.300. The maximum absolute atomic E-state index is 12.6. The van der Waals surface area contributed by atoms with E-state index < -0.39 is 0 Å². The summed E-state index contributed by atoms with van der Waals surface area (Å²) in [6, 6.07) is 11.4. The largest absolute Gasteiger partial charge is 0.323 e. The second-order valence-electron chi connectivity index (χ2n) is 7.01. The number of aromatic amines is 2. The van der Waals surface area contributed by atoms with E-state index in [0.29, 0.717) is 22.7 Å². The van der Waals surface area contributed by atoms with Gasteiger partial charge in [0.05, 0.1) is 11.0 Å². The predicted octanol–water partition coefficient (Wildman–Crippen LogP) is 2.57. The minimum atomic E-state index is -0.254. The Labute approximate surface area is 151 Å². The lowest BCUT2D eigenvalue weighted by molar-refractivity contribution is 0.102. The standard InChI is InChI=1S/C20H22N4O2/c1-12-8-17-18(24-20(26)23-17)10-16(12)22-19(25)15-4-2-13(3-5-15)9-14-6-7-21-11-14/h2-5,8,10,14,21H,6-7,9,11H2,1H3,(H,22,25)(H2,23,24,26). The van der Waals surface area contributed by atoms with Gasteiger partial charge in [0, 0.05) is 11.3 Å². The maximum atomic E-state index is 12.6. The summed E-state index contributed by atoms with van der Waals surface area (Å²) in [5.74, 6) is 0.534. The number of hydrogen-bond donors (Lipinski definition) is 4. The first kappa shape index (κ1) is 16.6. The Kier molecular flexibility index (Phi) is 4.34. The van der Waals surface area contributed by atoms with Gasteiger partial charge >= 0.3 is 5.69 Å². The zero-order valence-corrected chi connectivity index (χ0v) is 14.7. The Morgan fingerprint density at radius 3 is 2.58 bits per heavy atom. The summed E-state index contributed by atoms with van der Waals surface area (Å²) in [5, 5.41) is 6.32. The van der Waals surface area contributed by atoms with Gasteiger partial charge in [-0.15, -0.1) is 0 Å². The van der Waals surface area contributed by atoms with Crippen LogP contribution in [0.15, 0.2) is 41.2 Å². The van der Waals surface area contributed by atoms with Crippen LogP contribution >= 0.6 is 0 Å². The summed E-state index contributed by atoms with van der Waals surface area (Å²) in [5.41, 5.74) is 4.63. The Morgan fingerprint density at radius 1 is 1.15 bits per heavy atom. The van der Waals surface area contributed by atoms with E-state index >= 15 is 0 Å². The van der Waals surface area contributed by atoms with Crippen LogP contribution in [-0.2, 0) is 6.42 Å². The molecule has 1 aliphatic rings. The van der Waals surface area contributed by atoms with E-state index in [-0.39, 0.29) is 11.6 Å². The normalized spacial score (nSPS) is 16.9. The molecule has 0 saturated carbocycles. The number of amides is 1. The van der Waals surface area contributed by atoms with Crippen molar-refractivity contribution in [2.45, 2.75) is 19.8 Å². The lowest BCUT2D eigenvalue weighted by atomic mass is 9.98. The van der Waals surface area contributed by atoms with Crippen LogP contribution < -0.4 is 16.3 Å². The van der Waals surface area contributed by atoms with Gasteiger partial charge in [-0.2, -0.15) is 0 Å². The number of rotatable bonds is 4. The predicted molar refractivity (Wildman–Crippen MR) is 103 cm³/mol. The summed E-state index contributed by atoms with van der Waals surface area (Å²) < 4.78 is 0. The molecule has 0 radical (unpaired) electrons. The van der Waals surface area contributed by atoms with Crippen molar-refractivity contribution in [2.24, 2.45) is 5.92 Å². The molecular weight excluding hydrogens is 328 g/mol. The molecule has 6 nitrogen and oxygen atoms in total. The third kappa shape index (κ3) is 3.41. The van der Waals surface area contributed by atoms with E-state index in [1.807, 2.05) is 37.3 Å². The highest BCUT2D eigenvalue weighted by Gasteiger charge is 2.15.